The second-order valence-electron chi connectivity index (χ2n) is 5.27. The number of aromatic amines is 2. The van der Waals surface area contributed by atoms with Crippen molar-refractivity contribution >= 4 is 23.6 Å². The summed E-state index contributed by atoms with van der Waals surface area (Å²) in [6.07, 6.45) is 1.52. The van der Waals surface area contributed by atoms with Crippen LogP contribution in [0, 0.1) is 0 Å². The van der Waals surface area contributed by atoms with Gasteiger partial charge in [0.1, 0.15) is 0 Å². The fraction of sp³-hybridized carbons (Fsp3) is 0.312. The molecule has 1 heterocycles. The fourth-order valence-corrected chi connectivity index (χ4v) is 2.21. The van der Waals surface area contributed by atoms with Crippen molar-refractivity contribution in [3.63, 3.8) is 0 Å². The van der Waals surface area contributed by atoms with Gasteiger partial charge in [0.2, 0.25) is 5.82 Å². The molecule has 26 heavy (non-hydrogen) atoms. The fourth-order valence-electron chi connectivity index (χ4n) is 2.21. The Labute approximate surface area is 149 Å². The molecule has 10 heteroatoms. The number of nitrogens with zero attached hydrogens (tertiary/aromatic N) is 3. The third-order valence-corrected chi connectivity index (χ3v) is 3.55. The van der Waals surface area contributed by atoms with Crippen LogP contribution in [0.5, 0.6) is 0 Å². The summed E-state index contributed by atoms with van der Waals surface area (Å²) in [5.74, 6) is -0.621. The van der Waals surface area contributed by atoms with E-state index in [4.69, 9.17) is 0 Å². The molecule has 0 spiro atoms. The Morgan fingerprint density at radius 1 is 1.23 bits per heavy atom. The summed E-state index contributed by atoms with van der Waals surface area (Å²) < 4.78 is 0. The van der Waals surface area contributed by atoms with Gasteiger partial charge in [0.05, 0.1) is 12.8 Å². The molecule has 1 aromatic heterocycles. The normalized spacial score (nSPS) is 10.7. The maximum Gasteiger partial charge on any atom is 0.342 e. The van der Waals surface area contributed by atoms with E-state index in [0.29, 0.717) is 0 Å². The predicted molar refractivity (Wildman–Crippen MR) is 99.7 cm³/mol. The number of hydrogen-bond donors (Lipinski definition) is 4. The molecule has 1 amide bonds. The van der Waals surface area contributed by atoms with E-state index in [1.165, 1.54) is 6.21 Å². The monoisotopic (exact) mass is 359 g/mol. The smallest absolute Gasteiger partial charge is 0.342 e. The van der Waals surface area contributed by atoms with Crippen molar-refractivity contribution in [2.24, 2.45) is 5.10 Å². The highest BCUT2D eigenvalue weighted by Gasteiger charge is 2.05. The molecule has 0 saturated carbocycles. The third kappa shape index (κ3) is 5.30. The van der Waals surface area contributed by atoms with E-state index in [9.17, 15) is 14.4 Å². The van der Waals surface area contributed by atoms with Gasteiger partial charge in [0.15, 0.2) is 0 Å². The second kappa shape index (κ2) is 9.16. The number of benzene rings is 1. The van der Waals surface area contributed by atoms with Gasteiger partial charge in [0.25, 0.3) is 11.5 Å². The molecule has 0 aliphatic heterocycles. The lowest BCUT2D eigenvalue weighted by atomic mass is 10.2. The Hall–Kier alpha value is -3.43. The Morgan fingerprint density at radius 2 is 1.92 bits per heavy atom. The van der Waals surface area contributed by atoms with Crippen LogP contribution in [0.3, 0.4) is 0 Å². The lowest BCUT2D eigenvalue weighted by Gasteiger charge is -2.20. The van der Waals surface area contributed by atoms with Gasteiger partial charge in [-0.05, 0) is 31.5 Å². The van der Waals surface area contributed by atoms with Gasteiger partial charge >= 0.3 is 5.69 Å². The standard InChI is InChI=1S/C16H21N7O3/c1-3-23(4-2)12-7-5-11(6-8-12)9-18-20-13(24)10-17-14-15(25)19-16(26)22-21-14/h5-9H,3-4,10H2,1-2H3,(H,17,21)(H,20,24)(H2,19,22,25,26). The molecule has 0 aliphatic rings. The van der Waals surface area contributed by atoms with Gasteiger partial charge in [-0.3, -0.25) is 14.6 Å². The first-order chi connectivity index (χ1) is 12.5. The number of anilines is 2. The molecule has 10 nitrogen and oxygen atoms in total. The molecule has 0 unspecified atom stereocenters. The van der Waals surface area contributed by atoms with Crippen molar-refractivity contribution in [1.82, 2.24) is 20.6 Å². The Balaban J connectivity index is 1.84. The first-order valence-corrected chi connectivity index (χ1v) is 8.13. The molecule has 2 aromatic rings. The summed E-state index contributed by atoms with van der Waals surface area (Å²) in [7, 11) is 0. The summed E-state index contributed by atoms with van der Waals surface area (Å²) in [6.45, 7) is 5.83. The largest absolute Gasteiger partial charge is 0.372 e. The molecule has 0 radical (unpaired) electrons. The Morgan fingerprint density at radius 3 is 2.54 bits per heavy atom. The van der Waals surface area contributed by atoms with Crippen molar-refractivity contribution in [2.45, 2.75) is 13.8 Å². The molecule has 0 atom stereocenters. The van der Waals surface area contributed by atoms with Crippen LogP contribution in [0.1, 0.15) is 19.4 Å². The molecule has 0 saturated heterocycles. The summed E-state index contributed by atoms with van der Waals surface area (Å²) in [5.41, 5.74) is 2.87. The summed E-state index contributed by atoms with van der Waals surface area (Å²) >= 11 is 0. The van der Waals surface area contributed by atoms with E-state index in [1.54, 1.807) is 0 Å². The van der Waals surface area contributed by atoms with Crippen LogP contribution in [0.4, 0.5) is 11.5 Å². The molecular formula is C16H21N7O3. The highest BCUT2D eigenvalue weighted by molar-refractivity contribution is 5.84. The summed E-state index contributed by atoms with van der Waals surface area (Å²) in [6, 6.07) is 7.80. The first-order valence-electron chi connectivity index (χ1n) is 8.13. The minimum absolute atomic E-state index is 0.157. The van der Waals surface area contributed by atoms with Gasteiger partial charge in [-0.2, -0.15) is 5.10 Å². The van der Waals surface area contributed by atoms with Crippen LogP contribution < -0.4 is 26.9 Å². The van der Waals surface area contributed by atoms with Crippen LogP contribution in [-0.4, -0.2) is 46.9 Å². The van der Waals surface area contributed by atoms with Crippen molar-refractivity contribution < 1.29 is 4.79 Å². The predicted octanol–water partition coefficient (Wildman–Crippen LogP) is -0.133. The van der Waals surface area contributed by atoms with Crippen molar-refractivity contribution in [3.8, 4) is 0 Å². The van der Waals surface area contributed by atoms with E-state index < -0.39 is 17.2 Å². The van der Waals surface area contributed by atoms with Crippen LogP contribution >= 0.6 is 0 Å². The van der Waals surface area contributed by atoms with Crippen LogP contribution in [0.15, 0.2) is 39.0 Å². The Bertz CT molecular complexity index is 866. The summed E-state index contributed by atoms with van der Waals surface area (Å²) in [5, 5.41) is 11.9. The van der Waals surface area contributed by atoms with E-state index >= 15 is 0 Å². The molecule has 0 bridgehead atoms. The number of hydrazone groups is 1. The molecule has 1 aromatic carbocycles. The van der Waals surface area contributed by atoms with E-state index in [2.05, 4.69) is 44.8 Å². The number of aromatic nitrogens is 3. The number of carbonyl (C=O) groups excluding carboxylic acids is 1. The highest BCUT2D eigenvalue weighted by atomic mass is 16.2. The van der Waals surface area contributed by atoms with Crippen LogP contribution in [0.25, 0.3) is 0 Å². The van der Waals surface area contributed by atoms with Crippen LogP contribution in [-0.2, 0) is 4.79 Å². The molecule has 138 valence electrons. The third-order valence-electron chi connectivity index (χ3n) is 3.55. The van der Waals surface area contributed by atoms with Gasteiger partial charge in [0, 0.05) is 18.8 Å². The van der Waals surface area contributed by atoms with Crippen molar-refractivity contribution in [1.29, 1.82) is 0 Å². The zero-order valence-electron chi connectivity index (χ0n) is 14.6. The van der Waals surface area contributed by atoms with E-state index in [1.807, 2.05) is 29.2 Å². The molecular weight excluding hydrogens is 338 g/mol. The molecule has 2 rings (SSSR count). The van der Waals surface area contributed by atoms with Gasteiger partial charge in [-0.25, -0.2) is 15.3 Å². The average molecular weight is 359 g/mol. The Kier molecular flexibility index (Phi) is 6.66. The number of nitrogens with one attached hydrogen (secondary N) is 4. The van der Waals surface area contributed by atoms with Crippen molar-refractivity contribution in [2.75, 3.05) is 29.9 Å². The maximum absolute atomic E-state index is 11.7. The lowest BCUT2D eigenvalue weighted by Crippen LogP contribution is -2.31. The minimum atomic E-state index is -0.721. The zero-order chi connectivity index (χ0) is 18.9. The van der Waals surface area contributed by atoms with Gasteiger partial charge < -0.3 is 10.2 Å². The topological polar surface area (TPSA) is 135 Å². The number of hydrogen-bond acceptors (Lipinski definition) is 7. The number of H-pyrrole nitrogens is 2. The zero-order valence-corrected chi connectivity index (χ0v) is 14.6. The van der Waals surface area contributed by atoms with E-state index in [-0.39, 0.29) is 12.4 Å². The molecule has 0 aliphatic carbocycles. The number of amides is 1. The maximum atomic E-state index is 11.7. The lowest BCUT2D eigenvalue weighted by molar-refractivity contribution is -0.119. The SMILES string of the molecule is CCN(CC)c1ccc(C=NNC(=O)CNc2n[nH]c(=O)[nH]c2=O)cc1. The first kappa shape index (κ1) is 18.9. The average Bonchev–Trinajstić information content (AvgIpc) is 2.63. The van der Waals surface area contributed by atoms with E-state index in [0.717, 1.165) is 24.3 Å². The minimum Gasteiger partial charge on any atom is -0.372 e. The highest BCUT2D eigenvalue weighted by Crippen LogP contribution is 2.13. The van der Waals surface area contributed by atoms with Gasteiger partial charge in [-0.1, -0.05) is 12.1 Å². The van der Waals surface area contributed by atoms with Crippen molar-refractivity contribution in [3.05, 3.63) is 50.7 Å². The number of rotatable bonds is 8. The van der Waals surface area contributed by atoms with Gasteiger partial charge in [-0.15, -0.1) is 5.10 Å². The summed E-state index contributed by atoms with van der Waals surface area (Å²) in [4.78, 5) is 38.2. The van der Waals surface area contributed by atoms with Crippen LogP contribution in [0.2, 0.25) is 0 Å². The second-order valence-corrected chi connectivity index (χ2v) is 5.27. The quantitative estimate of drug-likeness (QED) is 0.383. The molecule has 0 fully saturated rings. The molecule has 4 N–H and O–H groups in total. The number of carbonyl (C=O) groups is 1.